The Morgan fingerprint density at radius 2 is 1.73 bits per heavy atom. The Labute approximate surface area is 144 Å². The van der Waals surface area contributed by atoms with Gasteiger partial charge in [0.25, 0.3) is 0 Å². The summed E-state index contributed by atoms with van der Waals surface area (Å²) in [5.41, 5.74) is 7.41. The number of aromatic nitrogens is 1. The van der Waals surface area contributed by atoms with Gasteiger partial charge in [0.2, 0.25) is 5.91 Å². The summed E-state index contributed by atoms with van der Waals surface area (Å²) in [5, 5.41) is 2.96. The summed E-state index contributed by atoms with van der Waals surface area (Å²) in [5.74, 6) is 0.256. The number of hydrogen-bond acceptors (Lipinski definition) is 4. The quantitative estimate of drug-likeness (QED) is 0.715. The van der Waals surface area contributed by atoms with Gasteiger partial charge in [-0.3, -0.25) is 20.6 Å². The van der Waals surface area contributed by atoms with Crippen LogP contribution in [0, 0.1) is 5.92 Å². The predicted molar refractivity (Wildman–Crippen MR) is 94.5 cm³/mol. The number of anilines is 1. The molecule has 1 heterocycles. The van der Waals surface area contributed by atoms with E-state index in [0.29, 0.717) is 12.1 Å². The van der Waals surface area contributed by atoms with Gasteiger partial charge in [0.05, 0.1) is 0 Å². The maximum absolute atomic E-state index is 12.2. The minimum atomic E-state index is 0. The summed E-state index contributed by atoms with van der Waals surface area (Å²) in [7, 11) is 0. The van der Waals surface area contributed by atoms with Crippen molar-refractivity contribution in [3.63, 3.8) is 0 Å². The molecule has 1 fully saturated rings. The largest absolute Gasteiger partial charge is 0.326 e. The number of carbonyl (C=O) groups excluding carboxylic acids is 1. The number of hydrazine groups is 1. The lowest BCUT2D eigenvalue weighted by Crippen LogP contribution is -2.46. The minimum absolute atomic E-state index is 0. The van der Waals surface area contributed by atoms with E-state index in [1.54, 1.807) is 12.4 Å². The molecule has 7 heteroatoms. The van der Waals surface area contributed by atoms with Crippen molar-refractivity contribution in [2.45, 2.75) is 51.6 Å². The molecule has 126 valence electrons. The molecule has 0 aromatic carbocycles. The molecule has 0 saturated heterocycles. The molecule has 5 nitrogen and oxygen atoms in total. The third kappa shape index (κ3) is 6.92. The Hall–Kier alpha value is -0.880. The molecule has 0 unspecified atom stereocenters. The highest BCUT2D eigenvalue weighted by molar-refractivity contribution is 5.92. The van der Waals surface area contributed by atoms with Crippen molar-refractivity contribution in [3.8, 4) is 0 Å². The van der Waals surface area contributed by atoms with Gasteiger partial charge < -0.3 is 5.32 Å². The van der Waals surface area contributed by atoms with Crippen LogP contribution in [0.3, 0.4) is 0 Å². The molecule has 0 radical (unpaired) electrons. The van der Waals surface area contributed by atoms with Crippen LogP contribution < -0.4 is 16.2 Å². The third-order valence-electron chi connectivity index (χ3n) is 3.62. The number of amides is 1. The number of hydrogen-bond donors (Lipinski definition) is 3. The number of pyridine rings is 1. The summed E-state index contributed by atoms with van der Waals surface area (Å²) in [6.07, 6.45) is 7.33. The molecular weight excluding hydrogens is 323 g/mol. The highest BCUT2D eigenvalue weighted by atomic mass is 35.5. The molecule has 0 spiro atoms. The lowest BCUT2D eigenvalue weighted by Gasteiger charge is -2.29. The second kappa shape index (κ2) is 10.8. The summed E-state index contributed by atoms with van der Waals surface area (Å²) >= 11 is 0. The van der Waals surface area contributed by atoms with Crippen molar-refractivity contribution in [1.29, 1.82) is 0 Å². The molecule has 0 bridgehead atoms. The zero-order chi connectivity index (χ0) is 14.4. The highest BCUT2D eigenvalue weighted by Crippen LogP contribution is 2.25. The van der Waals surface area contributed by atoms with E-state index in [1.165, 1.54) is 0 Å². The molecule has 1 aliphatic carbocycles. The molecule has 1 amide bonds. The maximum atomic E-state index is 12.2. The Kier molecular flexibility index (Phi) is 10.3. The molecular formula is C15H26Cl2N4O. The zero-order valence-corrected chi connectivity index (χ0v) is 14.7. The molecule has 0 aliphatic heterocycles. The van der Waals surface area contributed by atoms with Crippen molar-refractivity contribution < 1.29 is 4.79 Å². The summed E-state index contributed by atoms with van der Waals surface area (Å²) < 4.78 is 0. The molecule has 1 aliphatic rings. The average Bonchev–Trinajstić information content (AvgIpc) is 2.46. The molecule has 1 aromatic heterocycles. The second-order valence-corrected chi connectivity index (χ2v) is 5.72. The first-order valence-electron chi connectivity index (χ1n) is 7.37. The SMILES string of the molecule is CC(C)NN[C@H]1CC[C@@H](C(=O)Nc2ccncc2)CC1.Cl.Cl. The van der Waals surface area contributed by atoms with Gasteiger partial charge in [-0.1, -0.05) is 0 Å². The maximum Gasteiger partial charge on any atom is 0.227 e. The smallest absolute Gasteiger partial charge is 0.227 e. The summed E-state index contributed by atoms with van der Waals surface area (Å²) in [6, 6.07) is 4.54. The van der Waals surface area contributed by atoms with E-state index in [1.807, 2.05) is 12.1 Å². The van der Waals surface area contributed by atoms with Crippen molar-refractivity contribution in [3.05, 3.63) is 24.5 Å². The van der Waals surface area contributed by atoms with Crippen molar-refractivity contribution >= 4 is 36.4 Å². The Bertz CT molecular complexity index is 423. The molecule has 1 saturated carbocycles. The van der Waals surface area contributed by atoms with Crippen LogP contribution >= 0.6 is 24.8 Å². The van der Waals surface area contributed by atoms with Crippen molar-refractivity contribution in [2.75, 3.05) is 5.32 Å². The molecule has 1 aromatic rings. The molecule has 3 N–H and O–H groups in total. The van der Waals surface area contributed by atoms with Crippen LogP contribution in [0.4, 0.5) is 5.69 Å². The first-order chi connectivity index (χ1) is 9.65. The summed E-state index contributed by atoms with van der Waals surface area (Å²) in [4.78, 5) is 16.1. The number of nitrogens with zero attached hydrogens (tertiary/aromatic N) is 1. The number of carbonyl (C=O) groups is 1. The monoisotopic (exact) mass is 348 g/mol. The van der Waals surface area contributed by atoms with Crippen LogP contribution in [0.5, 0.6) is 0 Å². The molecule has 2 rings (SSSR count). The fraction of sp³-hybridized carbons (Fsp3) is 0.600. The number of nitrogens with one attached hydrogen (secondary N) is 3. The Morgan fingerprint density at radius 1 is 1.14 bits per heavy atom. The van der Waals surface area contributed by atoms with Crippen LogP contribution in [0.2, 0.25) is 0 Å². The first kappa shape index (κ1) is 21.1. The van der Waals surface area contributed by atoms with E-state index < -0.39 is 0 Å². The van der Waals surface area contributed by atoms with Gasteiger partial charge in [-0.15, -0.1) is 24.8 Å². The van der Waals surface area contributed by atoms with Gasteiger partial charge >= 0.3 is 0 Å². The summed E-state index contributed by atoms with van der Waals surface area (Å²) in [6.45, 7) is 4.22. The Morgan fingerprint density at radius 3 is 2.27 bits per heavy atom. The lowest BCUT2D eigenvalue weighted by molar-refractivity contribution is -0.120. The molecule has 22 heavy (non-hydrogen) atoms. The average molecular weight is 349 g/mol. The van der Waals surface area contributed by atoms with Gasteiger partial charge in [-0.2, -0.15) is 0 Å². The van der Waals surface area contributed by atoms with Crippen molar-refractivity contribution in [1.82, 2.24) is 15.8 Å². The third-order valence-corrected chi connectivity index (χ3v) is 3.62. The number of halogens is 2. The lowest BCUT2D eigenvalue weighted by atomic mass is 9.85. The van der Waals surface area contributed by atoms with E-state index in [-0.39, 0.29) is 36.6 Å². The van der Waals surface area contributed by atoms with Gasteiger partial charge in [-0.05, 0) is 51.7 Å². The van der Waals surface area contributed by atoms with E-state index in [2.05, 4.69) is 35.0 Å². The van der Waals surface area contributed by atoms with Crippen LogP contribution in [-0.4, -0.2) is 23.0 Å². The van der Waals surface area contributed by atoms with E-state index in [0.717, 1.165) is 31.4 Å². The van der Waals surface area contributed by atoms with E-state index in [4.69, 9.17) is 0 Å². The molecule has 0 atom stereocenters. The van der Waals surface area contributed by atoms with Crippen LogP contribution in [0.25, 0.3) is 0 Å². The van der Waals surface area contributed by atoms with Crippen LogP contribution in [0.15, 0.2) is 24.5 Å². The second-order valence-electron chi connectivity index (χ2n) is 5.72. The normalized spacial score (nSPS) is 20.7. The van der Waals surface area contributed by atoms with E-state index in [9.17, 15) is 4.79 Å². The Balaban J connectivity index is 0.00000220. The minimum Gasteiger partial charge on any atom is -0.326 e. The highest BCUT2D eigenvalue weighted by Gasteiger charge is 2.26. The van der Waals surface area contributed by atoms with Gasteiger partial charge in [0.15, 0.2) is 0 Å². The fourth-order valence-corrected chi connectivity index (χ4v) is 2.46. The zero-order valence-electron chi connectivity index (χ0n) is 13.0. The standard InChI is InChI=1S/C15H24N4O.2ClH/c1-11(2)18-19-14-5-3-12(4-6-14)15(20)17-13-7-9-16-10-8-13;;/h7-12,14,18-19H,3-6H2,1-2H3,(H,16,17,20);2*1H/t12-,14+;;. The van der Waals surface area contributed by atoms with E-state index >= 15 is 0 Å². The van der Waals surface area contributed by atoms with Crippen LogP contribution in [0.1, 0.15) is 39.5 Å². The van der Waals surface area contributed by atoms with Gasteiger partial charge in [-0.25, -0.2) is 0 Å². The van der Waals surface area contributed by atoms with Gasteiger partial charge in [0.1, 0.15) is 0 Å². The van der Waals surface area contributed by atoms with Crippen LogP contribution in [-0.2, 0) is 4.79 Å². The topological polar surface area (TPSA) is 66.0 Å². The first-order valence-corrected chi connectivity index (χ1v) is 7.37. The number of rotatable bonds is 5. The van der Waals surface area contributed by atoms with Gasteiger partial charge in [0, 0.05) is 36.1 Å². The predicted octanol–water partition coefficient (Wildman–Crippen LogP) is 2.93. The van der Waals surface area contributed by atoms with Crippen molar-refractivity contribution in [2.24, 2.45) is 5.92 Å². The fourth-order valence-electron chi connectivity index (χ4n) is 2.46.